The molecule has 1 N–H and O–H groups in total. The van der Waals surface area contributed by atoms with Crippen LogP contribution in [0, 0.1) is 6.92 Å². The third-order valence-electron chi connectivity index (χ3n) is 2.52. The third-order valence-corrected chi connectivity index (χ3v) is 3.71. The number of ether oxygens (including phenoxy) is 1. The van der Waals surface area contributed by atoms with Crippen molar-refractivity contribution in [2.24, 2.45) is 0 Å². The molecule has 1 aromatic rings. The van der Waals surface area contributed by atoms with E-state index in [-0.39, 0.29) is 5.91 Å². The highest BCUT2D eigenvalue weighted by Crippen LogP contribution is 2.24. The fourth-order valence-corrected chi connectivity index (χ4v) is 2.50. The van der Waals surface area contributed by atoms with Crippen LogP contribution in [0.25, 0.3) is 6.08 Å². The van der Waals surface area contributed by atoms with Gasteiger partial charge < -0.3 is 14.7 Å². The summed E-state index contributed by atoms with van der Waals surface area (Å²) in [7, 11) is 3.30. The normalized spacial score (nSPS) is 10.9. The number of carbonyl (C=O) groups is 2. The predicted molar refractivity (Wildman–Crippen MR) is 74.6 cm³/mol. The summed E-state index contributed by atoms with van der Waals surface area (Å²) in [5, 5.41) is 8.60. The zero-order valence-corrected chi connectivity index (χ0v) is 12.0. The van der Waals surface area contributed by atoms with Crippen molar-refractivity contribution in [3.05, 3.63) is 27.5 Å². The van der Waals surface area contributed by atoms with E-state index in [1.807, 2.05) is 6.92 Å². The average molecular weight is 283 g/mol. The van der Waals surface area contributed by atoms with Gasteiger partial charge in [0, 0.05) is 31.7 Å². The molecule has 0 aliphatic rings. The van der Waals surface area contributed by atoms with Crippen LogP contribution in [0.1, 0.15) is 20.1 Å². The molecule has 0 aromatic carbocycles. The topological polar surface area (TPSA) is 66.8 Å². The van der Waals surface area contributed by atoms with Gasteiger partial charge in [0.05, 0.1) is 11.5 Å². The van der Waals surface area contributed by atoms with Gasteiger partial charge in [-0.1, -0.05) is 0 Å². The van der Waals surface area contributed by atoms with E-state index in [9.17, 15) is 9.59 Å². The van der Waals surface area contributed by atoms with E-state index in [4.69, 9.17) is 9.84 Å². The summed E-state index contributed by atoms with van der Waals surface area (Å²) in [6.45, 7) is 2.86. The lowest BCUT2D eigenvalue weighted by atomic mass is 10.2. The van der Waals surface area contributed by atoms with Gasteiger partial charge in [0.2, 0.25) is 0 Å². The summed E-state index contributed by atoms with van der Waals surface area (Å²) in [4.78, 5) is 25.5. The lowest BCUT2D eigenvalue weighted by molar-refractivity contribution is -0.131. The molecule has 5 nitrogen and oxygen atoms in total. The number of methoxy groups -OCH3 is 1. The van der Waals surface area contributed by atoms with Crippen LogP contribution in [-0.4, -0.2) is 49.2 Å². The van der Waals surface area contributed by atoms with Crippen molar-refractivity contribution in [1.29, 1.82) is 0 Å². The molecule has 0 fully saturated rings. The number of aliphatic carboxylic acids is 1. The van der Waals surface area contributed by atoms with E-state index in [0.29, 0.717) is 18.0 Å². The Morgan fingerprint density at radius 2 is 2.21 bits per heavy atom. The number of likely N-dealkylation sites (N-methyl/N-ethyl adjacent to an activating group) is 1. The standard InChI is InChI=1S/C13H17NO4S/c1-9-8-11(13(17)14(2)6-7-18-3)19-10(9)4-5-12(15)16/h4-5,8H,6-7H2,1-3H3,(H,15,16). The summed E-state index contributed by atoms with van der Waals surface area (Å²) in [6.07, 6.45) is 2.58. The zero-order chi connectivity index (χ0) is 14.4. The Bertz CT molecular complexity index is 493. The highest BCUT2D eigenvalue weighted by molar-refractivity contribution is 7.15. The molecular weight excluding hydrogens is 266 g/mol. The fraction of sp³-hybridized carbons (Fsp3) is 0.385. The highest BCUT2D eigenvalue weighted by Gasteiger charge is 2.15. The van der Waals surface area contributed by atoms with Crippen LogP contribution in [-0.2, 0) is 9.53 Å². The monoisotopic (exact) mass is 283 g/mol. The van der Waals surface area contributed by atoms with Gasteiger partial charge in [-0.3, -0.25) is 4.79 Å². The van der Waals surface area contributed by atoms with Crippen LogP contribution in [0.2, 0.25) is 0 Å². The van der Waals surface area contributed by atoms with Gasteiger partial charge in [-0.05, 0) is 24.6 Å². The molecule has 0 atom stereocenters. The first-order valence-corrected chi connectivity index (χ1v) is 6.53. The van der Waals surface area contributed by atoms with E-state index in [0.717, 1.165) is 16.5 Å². The molecule has 0 bridgehead atoms. The summed E-state index contributed by atoms with van der Waals surface area (Å²) in [5.74, 6) is -1.09. The van der Waals surface area contributed by atoms with Gasteiger partial charge in [0.1, 0.15) is 0 Å². The Balaban J connectivity index is 2.82. The summed E-state index contributed by atoms with van der Waals surface area (Å²) < 4.78 is 4.93. The van der Waals surface area contributed by atoms with E-state index in [1.165, 1.54) is 17.4 Å². The maximum Gasteiger partial charge on any atom is 0.328 e. The summed E-state index contributed by atoms with van der Waals surface area (Å²) >= 11 is 1.29. The molecule has 1 rings (SSSR count). The van der Waals surface area contributed by atoms with Gasteiger partial charge in [0.25, 0.3) is 5.91 Å². The minimum atomic E-state index is -1.00. The molecule has 0 radical (unpaired) electrons. The van der Waals surface area contributed by atoms with Crippen molar-refractivity contribution in [1.82, 2.24) is 4.90 Å². The Labute approximate surface area is 116 Å². The van der Waals surface area contributed by atoms with Crippen molar-refractivity contribution in [2.75, 3.05) is 27.3 Å². The molecule has 19 heavy (non-hydrogen) atoms. The number of carboxylic acids is 1. The molecule has 6 heteroatoms. The number of hydrogen-bond acceptors (Lipinski definition) is 4. The number of rotatable bonds is 6. The Kier molecular flexibility index (Phi) is 5.72. The largest absolute Gasteiger partial charge is 0.478 e. The van der Waals surface area contributed by atoms with Crippen LogP contribution in [0.3, 0.4) is 0 Å². The molecule has 0 saturated heterocycles. The van der Waals surface area contributed by atoms with Crippen molar-refractivity contribution in [2.45, 2.75) is 6.92 Å². The van der Waals surface area contributed by atoms with Gasteiger partial charge in [0.15, 0.2) is 0 Å². The maximum atomic E-state index is 12.1. The van der Waals surface area contributed by atoms with Gasteiger partial charge in [-0.15, -0.1) is 11.3 Å². The van der Waals surface area contributed by atoms with Gasteiger partial charge >= 0.3 is 5.97 Å². The second-order valence-corrected chi connectivity index (χ2v) is 5.13. The van der Waals surface area contributed by atoms with E-state index >= 15 is 0 Å². The average Bonchev–Trinajstić information content (AvgIpc) is 2.73. The van der Waals surface area contributed by atoms with Gasteiger partial charge in [-0.2, -0.15) is 0 Å². The number of hydrogen-bond donors (Lipinski definition) is 1. The molecule has 104 valence electrons. The van der Waals surface area contributed by atoms with Crippen molar-refractivity contribution >= 4 is 29.3 Å². The molecule has 0 unspecified atom stereocenters. The number of nitrogens with zero attached hydrogens (tertiary/aromatic N) is 1. The quantitative estimate of drug-likeness (QED) is 0.809. The first-order chi connectivity index (χ1) is 8.95. The fourth-order valence-electron chi connectivity index (χ4n) is 1.43. The molecule has 0 aliphatic carbocycles. The molecule has 1 amide bonds. The minimum absolute atomic E-state index is 0.0832. The lowest BCUT2D eigenvalue weighted by Gasteiger charge is -2.15. The number of carboxylic acid groups (broad SMARTS) is 1. The summed E-state index contributed by atoms with van der Waals surface area (Å²) in [5.41, 5.74) is 0.894. The molecule has 1 aromatic heterocycles. The number of thiophene rings is 1. The van der Waals surface area contributed by atoms with Crippen LogP contribution in [0.15, 0.2) is 12.1 Å². The summed E-state index contributed by atoms with van der Waals surface area (Å²) in [6, 6.07) is 1.78. The van der Waals surface area contributed by atoms with Gasteiger partial charge in [-0.25, -0.2) is 4.79 Å². The van der Waals surface area contributed by atoms with Crippen molar-refractivity contribution in [3.8, 4) is 0 Å². The van der Waals surface area contributed by atoms with Crippen molar-refractivity contribution in [3.63, 3.8) is 0 Å². The molecule has 0 saturated carbocycles. The van der Waals surface area contributed by atoms with Crippen LogP contribution in [0.4, 0.5) is 0 Å². The van der Waals surface area contributed by atoms with Crippen LogP contribution >= 0.6 is 11.3 Å². The number of aryl methyl sites for hydroxylation is 1. The second kappa shape index (κ2) is 7.06. The number of amides is 1. The smallest absolute Gasteiger partial charge is 0.328 e. The first kappa shape index (κ1) is 15.4. The molecular formula is C13H17NO4S. The predicted octanol–water partition coefficient (Wildman–Crippen LogP) is 1.87. The lowest BCUT2D eigenvalue weighted by Crippen LogP contribution is -2.29. The molecule has 0 aliphatic heterocycles. The third kappa shape index (κ3) is 4.50. The highest BCUT2D eigenvalue weighted by atomic mass is 32.1. The zero-order valence-electron chi connectivity index (χ0n) is 11.2. The Hall–Kier alpha value is -1.66. The van der Waals surface area contributed by atoms with E-state index < -0.39 is 5.97 Å². The maximum absolute atomic E-state index is 12.1. The Morgan fingerprint density at radius 1 is 1.53 bits per heavy atom. The van der Waals surface area contributed by atoms with Crippen LogP contribution in [0.5, 0.6) is 0 Å². The first-order valence-electron chi connectivity index (χ1n) is 5.71. The van der Waals surface area contributed by atoms with Crippen LogP contribution < -0.4 is 0 Å². The minimum Gasteiger partial charge on any atom is -0.478 e. The molecule has 0 spiro atoms. The van der Waals surface area contributed by atoms with E-state index in [2.05, 4.69) is 0 Å². The van der Waals surface area contributed by atoms with Crippen molar-refractivity contribution < 1.29 is 19.4 Å². The second-order valence-electron chi connectivity index (χ2n) is 4.05. The Morgan fingerprint density at radius 3 is 2.79 bits per heavy atom. The SMILES string of the molecule is COCCN(C)C(=O)c1cc(C)c(C=CC(=O)O)s1. The van der Waals surface area contributed by atoms with E-state index in [1.54, 1.807) is 25.1 Å². The number of carbonyl (C=O) groups excluding carboxylic acids is 1. The molecule has 1 heterocycles.